The first-order valence-corrected chi connectivity index (χ1v) is 7.59. The molecule has 2 aromatic rings. The van der Waals surface area contributed by atoms with Crippen molar-refractivity contribution in [2.45, 2.75) is 0 Å². The van der Waals surface area contributed by atoms with Crippen molar-refractivity contribution >= 4 is 23.1 Å². The number of benzene rings is 2. The van der Waals surface area contributed by atoms with E-state index in [1.807, 2.05) is 0 Å². The Balaban J connectivity index is 1.82. The Morgan fingerprint density at radius 1 is 0.923 bits per heavy atom. The van der Waals surface area contributed by atoms with Crippen LogP contribution >= 0.6 is 0 Å². The van der Waals surface area contributed by atoms with Gasteiger partial charge in [-0.3, -0.25) is 25.1 Å². The molecule has 0 aromatic heterocycles. The van der Waals surface area contributed by atoms with Gasteiger partial charge in [0.05, 0.1) is 28.0 Å². The average Bonchev–Trinajstić information content (AvgIpc) is 2.94. The number of nitro groups is 2. The number of hydrogen-bond donors (Lipinski definition) is 0. The molecular formula is C16H14N4O6. The van der Waals surface area contributed by atoms with Crippen LogP contribution in [0.5, 0.6) is 11.5 Å². The summed E-state index contributed by atoms with van der Waals surface area (Å²) in [4.78, 5) is 35.6. The maximum Gasteiger partial charge on any atom is 0.324 e. The number of amides is 2. The molecule has 1 heterocycles. The first-order chi connectivity index (χ1) is 12.3. The summed E-state index contributed by atoms with van der Waals surface area (Å²) in [6, 6.07) is 9.52. The first kappa shape index (κ1) is 17.1. The minimum Gasteiger partial charge on any atom is -0.457 e. The highest BCUT2D eigenvalue weighted by Gasteiger charge is 2.26. The van der Waals surface area contributed by atoms with E-state index in [0.717, 1.165) is 18.2 Å². The highest BCUT2D eigenvalue weighted by Crippen LogP contribution is 2.31. The number of non-ortho nitro benzene ring substituents is 2. The van der Waals surface area contributed by atoms with E-state index >= 15 is 0 Å². The van der Waals surface area contributed by atoms with E-state index < -0.39 is 21.2 Å². The number of likely N-dealkylation sites (N-methyl/N-ethyl adjacent to an activating group) is 1. The van der Waals surface area contributed by atoms with E-state index in [0.29, 0.717) is 24.5 Å². The fraction of sp³-hybridized carbons (Fsp3) is 0.188. The molecule has 2 aromatic carbocycles. The number of anilines is 1. The monoisotopic (exact) mass is 358 g/mol. The highest BCUT2D eigenvalue weighted by atomic mass is 16.6. The van der Waals surface area contributed by atoms with Crippen molar-refractivity contribution in [3.05, 3.63) is 62.7 Å². The van der Waals surface area contributed by atoms with Crippen LogP contribution in [-0.4, -0.2) is 40.9 Å². The topological polar surface area (TPSA) is 119 Å². The van der Waals surface area contributed by atoms with Crippen molar-refractivity contribution in [3.63, 3.8) is 0 Å². The minimum atomic E-state index is -0.724. The fourth-order valence-electron chi connectivity index (χ4n) is 2.55. The van der Waals surface area contributed by atoms with Gasteiger partial charge in [-0.2, -0.15) is 0 Å². The Morgan fingerprint density at radius 2 is 1.50 bits per heavy atom. The van der Waals surface area contributed by atoms with Crippen LogP contribution in [0.2, 0.25) is 0 Å². The predicted molar refractivity (Wildman–Crippen MR) is 91.6 cm³/mol. The Kier molecular flexibility index (Phi) is 4.40. The summed E-state index contributed by atoms with van der Waals surface area (Å²) in [7, 11) is 1.72. The van der Waals surface area contributed by atoms with Gasteiger partial charge in [0, 0.05) is 25.8 Å². The largest absolute Gasteiger partial charge is 0.457 e. The molecule has 0 aliphatic carbocycles. The standard InChI is InChI=1S/C16H14N4O6/c1-17-6-7-18(16(17)21)11-2-4-14(5-3-11)26-15-9-12(19(22)23)8-13(10-15)20(24)25/h2-5,8-10H,6-7H2,1H3. The van der Waals surface area contributed by atoms with Gasteiger partial charge in [0.1, 0.15) is 11.5 Å². The molecule has 1 saturated heterocycles. The molecule has 0 N–H and O–H groups in total. The van der Waals surface area contributed by atoms with Crippen LogP contribution in [0.3, 0.4) is 0 Å². The first-order valence-electron chi connectivity index (χ1n) is 7.59. The quantitative estimate of drug-likeness (QED) is 0.598. The molecule has 3 rings (SSSR count). The average molecular weight is 358 g/mol. The lowest BCUT2D eigenvalue weighted by atomic mass is 10.2. The molecule has 0 bridgehead atoms. The molecule has 26 heavy (non-hydrogen) atoms. The highest BCUT2D eigenvalue weighted by molar-refractivity contribution is 5.93. The van der Waals surface area contributed by atoms with E-state index in [-0.39, 0.29) is 11.8 Å². The summed E-state index contributed by atoms with van der Waals surface area (Å²) in [5.41, 5.74) is -0.176. The molecule has 2 amide bonds. The number of rotatable bonds is 5. The van der Waals surface area contributed by atoms with Crippen LogP contribution in [-0.2, 0) is 0 Å². The van der Waals surface area contributed by atoms with Crippen LogP contribution < -0.4 is 9.64 Å². The number of nitro benzene ring substituents is 2. The summed E-state index contributed by atoms with van der Waals surface area (Å²) >= 11 is 0. The zero-order valence-electron chi connectivity index (χ0n) is 13.7. The van der Waals surface area contributed by atoms with Crippen molar-refractivity contribution < 1.29 is 19.4 Å². The third kappa shape index (κ3) is 3.38. The van der Waals surface area contributed by atoms with Crippen LogP contribution in [0.4, 0.5) is 21.9 Å². The number of carbonyl (C=O) groups is 1. The summed E-state index contributed by atoms with van der Waals surface area (Å²) in [6.45, 7) is 1.21. The van der Waals surface area contributed by atoms with Crippen LogP contribution in [0.15, 0.2) is 42.5 Å². The number of ether oxygens (including phenoxy) is 1. The SMILES string of the molecule is CN1CCN(c2ccc(Oc3cc([N+](=O)[O-])cc([N+](=O)[O-])c3)cc2)C1=O. The number of carbonyl (C=O) groups excluding carboxylic acids is 1. The molecule has 0 radical (unpaired) electrons. The second kappa shape index (κ2) is 6.67. The molecule has 0 saturated carbocycles. The van der Waals surface area contributed by atoms with Crippen molar-refractivity contribution in [1.82, 2.24) is 4.90 Å². The van der Waals surface area contributed by atoms with Gasteiger partial charge < -0.3 is 9.64 Å². The summed E-state index contributed by atoms with van der Waals surface area (Å²) in [5.74, 6) is 0.319. The maximum absolute atomic E-state index is 12.0. The van der Waals surface area contributed by atoms with Gasteiger partial charge in [0.2, 0.25) is 0 Å². The Labute approximate surface area is 147 Å². The van der Waals surface area contributed by atoms with E-state index in [1.54, 1.807) is 41.1 Å². The second-order valence-corrected chi connectivity index (χ2v) is 5.65. The van der Waals surface area contributed by atoms with Crippen LogP contribution in [0.25, 0.3) is 0 Å². The molecule has 10 heteroatoms. The summed E-state index contributed by atoms with van der Waals surface area (Å²) < 4.78 is 5.50. The van der Waals surface area contributed by atoms with E-state index in [9.17, 15) is 25.0 Å². The number of hydrogen-bond acceptors (Lipinski definition) is 6. The Morgan fingerprint density at radius 3 is 1.96 bits per heavy atom. The molecule has 0 atom stereocenters. The third-order valence-electron chi connectivity index (χ3n) is 3.90. The molecule has 0 spiro atoms. The van der Waals surface area contributed by atoms with E-state index in [4.69, 9.17) is 4.74 Å². The lowest BCUT2D eigenvalue weighted by Crippen LogP contribution is -2.28. The molecular weight excluding hydrogens is 344 g/mol. The lowest BCUT2D eigenvalue weighted by Gasteiger charge is -2.16. The van der Waals surface area contributed by atoms with Crippen LogP contribution in [0.1, 0.15) is 0 Å². The molecule has 0 unspecified atom stereocenters. The molecule has 1 aliphatic heterocycles. The number of nitrogens with zero attached hydrogens (tertiary/aromatic N) is 4. The van der Waals surface area contributed by atoms with Crippen molar-refractivity contribution in [2.24, 2.45) is 0 Å². The van der Waals surface area contributed by atoms with E-state index in [1.165, 1.54) is 0 Å². The normalized spacial score (nSPS) is 13.8. The van der Waals surface area contributed by atoms with Gasteiger partial charge in [-0.1, -0.05) is 0 Å². The zero-order valence-corrected chi connectivity index (χ0v) is 13.7. The van der Waals surface area contributed by atoms with Crippen molar-refractivity contribution in [3.8, 4) is 11.5 Å². The Bertz CT molecular complexity index is 851. The Hall–Kier alpha value is -3.69. The second-order valence-electron chi connectivity index (χ2n) is 5.65. The number of urea groups is 1. The van der Waals surface area contributed by atoms with E-state index in [2.05, 4.69) is 0 Å². The van der Waals surface area contributed by atoms with Gasteiger partial charge in [-0.05, 0) is 24.3 Å². The van der Waals surface area contributed by atoms with Gasteiger partial charge >= 0.3 is 6.03 Å². The smallest absolute Gasteiger partial charge is 0.324 e. The predicted octanol–water partition coefficient (Wildman–Crippen LogP) is 3.17. The zero-order chi connectivity index (χ0) is 18.8. The molecule has 1 aliphatic rings. The summed E-state index contributed by atoms with van der Waals surface area (Å²) in [6.07, 6.45) is 0. The lowest BCUT2D eigenvalue weighted by molar-refractivity contribution is -0.394. The van der Waals surface area contributed by atoms with Crippen LogP contribution in [0, 0.1) is 20.2 Å². The van der Waals surface area contributed by atoms with Crippen molar-refractivity contribution in [2.75, 3.05) is 25.0 Å². The van der Waals surface area contributed by atoms with Crippen molar-refractivity contribution in [1.29, 1.82) is 0 Å². The minimum absolute atomic E-state index is 0.0179. The van der Waals surface area contributed by atoms with Gasteiger partial charge in [0.15, 0.2) is 0 Å². The fourth-order valence-corrected chi connectivity index (χ4v) is 2.55. The summed E-state index contributed by atoms with van der Waals surface area (Å²) in [5, 5.41) is 21.8. The molecule has 1 fully saturated rings. The molecule has 10 nitrogen and oxygen atoms in total. The molecule has 134 valence electrons. The maximum atomic E-state index is 12.0. The van der Waals surface area contributed by atoms with Gasteiger partial charge in [-0.25, -0.2) is 4.79 Å². The van der Waals surface area contributed by atoms with Gasteiger partial charge in [-0.15, -0.1) is 0 Å². The third-order valence-corrected chi connectivity index (χ3v) is 3.90. The van der Waals surface area contributed by atoms with Gasteiger partial charge in [0.25, 0.3) is 11.4 Å².